The number of benzene rings is 2. The van der Waals surface area contributed by atoms with Crippen LogP contribution in [-0.4, -0.2) is 108 Å². The number of rotatable bonds is 6. The number of aliphatic hydroxyl groups is 1. The van der Waals surface area contributed by atoms with Crippen molar-refractivity contribution >= 4 is 51.8 Å². The summed E-state index contributed by atoms with van der Waals surface area (Å²) in [7, 11) is 0. The van der Waals surface area contributed by atoms with Crippen molar-refractivity contribution in [1.82, 2.24) is 39.4 Å². The van der Waals surface area contributed by atoms with Crippen LogP contribution in [0.15, 0.2) is 83.8 Å². The molecule has 4 fully saturated rings. The SMILES string of the molecule is C[C@@]1(O)CC/C=C\Cn2c(=O)c3cnc(Nc4ccc(N5CCN(C6CC7(CCN(c8ccc9c(c8)C(=O)N(C8CCC(=O)NC8=O)C9)CC7)C6)CC5)cc4)nc3n2-c2cccc1n2. The Balaban J connectivity index is 0.683. The molecule has 2 atom stereocenters. The molecule has 11 rings (SSSR count). The second-order valence-corrected chi connectivity index (χ2v) is 18.8. The average molecular weight is 864 g/mol. The highest BCUT2D eigenvalue weighted by Crippen LogP contribution is 2.51. The molecule has 6 aliphatic rings. The largest absolute Gasteiger partial charge is 0.384 e. The first-order chi connectivity index (χ1) is 31.0. The van der Waals surface area contributed by atoms with Crippen LogP contribution < -0.4 is 26.0 Å². The lowest BCUT2D eigenvalue weighted by Crippen LogP contribution is -2.59. The number of piperazine rings is 1. The second kappa shape index (κ2) is 15.7. The minimum absolute atomic E-state index is 0.121. The van der Waals surface area contributed by atoms with Gasteiger partial charge in [0, 0.05) is 87.1 Å². The number of imide groups is 1. The van der Waals surface area contributed by atoms with Gasteiger partial charge in [-0.3, -0.25) is 29.4 Å². The molecule has 16 heteroatoms. The summed E-state index contributed by atoms with van der Waals surface area (Å²) < 4.78 is 3.33. The molecule has 2 aromatic carbocycles. The van der Waals surface area contributed by atoms with E-state index in [0.717, 1.165) is 69.0 Å². The lowest BCUT2D eigenvalue weighted by atomic mass is 9.60. The number of fused-ring (bicyclic) bond motifs is 7. The van der Waals surface area contributed by atoms with Crippen molar-refractivity contribution in [3.05, 3.63) is 106 Å². The topological polar surface area (TPSA) is 174 Å². The number of nitrogens with one attached hydrogen (secondary N) is 2. The second-order valence-electron chi connectivity index (χ2n) is 18.8. The van der Waals surface area contributed by atoms with Gasteiger partial charge < -0.3 is 25.1 Å². The fourth-order valence-electron chi connectivity index (χ4n) is 10.9. The first kappa shape index (κ1) is 40.4. The van der Waals surface area contributed by atoms with Gasteiger partial charge in [0.25, 0.3) is 11.5 Å². The van der Waals surface area contributed by atoms with Gasteiger partial charge in [0.1, 0.15) is 17.0 Å². The molecule has 3 saturated heterocycles. The van der Waals surface area contributed by atoms with Crippen molar-refractivity contribution in [1.29, 1.82) is 0 Å². The molecule has 8 heterocycles. The Kier molecular flexibility index (Phi) is 9.91. The summed E-state index contributed by atoms with van der Waals surface area (Å²) in [6, 6.07) is 20.0. The number of carbonyl (C=O) groups excluding carboxylic acids is 3. The van der Waals surface area contributed by atoms with Gasteiger partial charge in [-0.25, -0.2) is 19.3 Å². The molecular formula is C48H53N11O5. The van der Waals surface area contributed by atoms with Crippen LogP contribution in [0.25, 0.3) is 16.9 Å². The highest BCUT2D eigenvalue weighted by molar-refractivity contribution is 6.05. The Hall–Kier alpha value is -6.39. The van der Waals surface area contributed by atoms with Crippen LogP contribution in [0.5, 0.6) is 0 Å². The van der Waals surface area contributed by atoms with Gasteiger partial charge in [0.05, 0.1) is 12.2 Å². The van der Waals surface area contributed by atoms with E-state index in [0.29, 0.717) is 77.9 Å². The van der Waals surface area contributed by atoms with Gasteiger partial charge in [-0.15, -0.1) is 0 Å². The van der Waals surface area contributed by atoms with Crippen LogP contribution >= 0.6 is 0 Å². The molecule has 330 valence electrons. The lowest BCUT2D eigenvalue weighted by molar-refractivity contribution is -0.136. The first-order valence-electron chi connectivity index (χ1n) is 22.7. The Labute approximate surface area is 370 Å². The Bertz CT molecular complexity index is 2750. The average Bonchev–Trinajstić information content (AvgIpc) is 3.76. The van der Waals surface area contributed by atoms with Crippen molar-refractivity contribution in [2.24, 2.45) is 5.41 Å². The summed E-state index contributed by atoms with van der Waals surface area (Å²) in [5.74, 6) is 0.0984. The van der Waals surface area contributed by atoms with E-state index in [9.17, 15) is 24.3 Å². The fraction of sp³-hybridized carbons (Fsp3) is 0.438. The van der Waals surface area contributed by atoms with Gasteiger partial charge in [-0.05, 0) is 111 Å². The highest BCUT2D eigenvalue weighted by Gasteiger charge is 2.48. The van der Waals surface area contributed by atoms with Gasteiger partial charge in [-0.2, -0.15) is 4.98 Å². The number of aromatic nitrogens is 5. The zero-order valence-electron chi connectivity index (χ0n) is 36.1. The maximum atomic E-state index is 13.6. The van der Waals surface area contributed by atoms with Gasteiger partial charge >= 0.3 is 0 Å². The van der Waals surface area contributed by atoms with Crippen LogP contribution in [-0.2, 0) is 28.3 Å². The van der Waals surface area contributed by atoms with Gasteiger partial charge in [0.2, 0.25) is 17.8 Å². The highest BCUT2D eigenvalue weighted by atomic mass is 16.3. The molecule has 1 unspecified atom stereocenters. The van der Waals surface area contributed by atoms with Crippen molar-refractivity contribution in [2.45, 2.75) is 89.1 Å². The van der Waals surface area contributed by atoms with Crippen LogP contribution in [0.3, 0.4) is 0 Å². The molecule has 3 aromatic heterocycles. The van der Waals surface area contributed by atoms with Crippen LogP contribution in [0.4, 0.5) is 23.0 Å². The number of nitrogens with zero attached hydrogens (tertiary/aromatic N) is 9. The number of amides is 3. The smallest absolute Gasteiger partial charge is 0.278 e. The van der Waals surface area contributed by atoms with Crippen molar-refractivity contribution < 1.29 is 19.5 Å². The van der Waals surface area contributed by atoms with E-state index in [4.69, 9.17) is 9.97 Å². The number of hydrogen-bond donors (Lipinski definition) is 3. The molecule has 2 bridgehead atoms. The van der Waals surface area contributed by atoms with Crippen molar-refractivity contribution in [3.63, 3.8) is 0 Å². The minimum atomic E-state index is -1.12. The maximum absolute atomic E-state index is 13.6. The Morgan fingerprint density at radius 3 is 2.39 bits per heavy atom. The molecule has 64 heavy (non-hydrogen) atoms. The first-order valence-corrected chi connectivity index (χ1v) is 22.7. The van der Waals surface area contributed by atoms with E-state index in [1.165, 1.54) is 18.5 Å². The van der Waals surface area contributed by atoms with E-state index in [1.54, 1.807) is 27.4 Å². The molecule has 1 spiro atoms. The molecule has 1 saturated carbocycles. The van der Waals surface area contributed by atoms with Crippen molar-refractivity contribution in [2.75, 3.05) is 54.4 Å². The molecule has 5 aromatic rings. The number of hydrogen-bond acceptors (Lipinski definition) is 12. The summed E-state index contributed by atoms with van der Waals surface area (Å²) in [5.41, 5.74) is 4.75. The van der Waals surface area contributed by atoms with Gasteiger partial charge in [0.15, 0.2) is 11.5 Å². The molecule has 3 N–H and O–H groups in total. The zero-order valence-corrected chi connectivity index (χ0v) is 36.1. The Morgan fingerprint density at radius 2 is 1.61 bits per heavy atom. The number of allylic oxidation sites excluding steroid dienone is 2. The quantitative estimate of drug-likeness (QED) is 0.160. The Morgan fingerprint density at radius 1 is 0.844 bits per heavy atom. The predicted octanol–water partition coefficient (Wildman–Crippen LogP) is 4.61. The molecule has 3 amide bonds. The standard InChI is InChI=1S/C48H53N11O5/c1-47(64)16-3-2-4-19-58-45(63)37-29-49-46(53-42(37)59(58)40-7-5-6-39(47)51-40)50-32-9-12-33(13-10-32)55-22-24-56(25-23-55)35-27-48(28-35)17-20-54(21-18-48)34-11-8-31-30-57(44(62)36(31)26-34)38-14-15-41(60)52-43(38)61/h2,4-13,26,29,35,38,64H,3,14-25,27-28,30H2,1H3,(H,49,50,53)(H,52,60,61)/b4-2-/t38?,47-/m1/s1. The normalized spacial score (nSPS) is 24.2. The zero-order chi connectivity index (χ0) is 43.7. The summed E-state index contributed by atoms with van der Waals surface area (Å²) in [6.07, 6.45) is 12.1. The van der Waals surface area contributed by atoms with E-state index < -0.39 is 11.6 Å². The number of piperidine rings is 2. The van der Waals surface area contributed by atoms with Crippen LogP contribution in [0.2, 0.25) is 0 Å². The third kappa shape index (κ3) is 7.22. The molecular weight excluding hydrogens is 811 g/mol. The van der Waals surface area contributed by atoms with E-state index in [2.05, 4.69) is 48.5 Å². The van der Waals surface area contributed by atoms with Crippen LogP contribution in [0, 0.1) is 5.41 Å². The van der Waals surface area contributed by atoms with E-state index >= 15 is 0 Å². The molecule has 1 aliphatic carbocycles. The fourth-order valence-corrected chi connectivity index (χ4v) is 10.9. The summed E-state index contributed by atoms with van der Waals surface area (Å²) in [5, 5.41) is 17.3. The number of carbonyl (C=O) groups is 3. The molecule has 5 aliphatic heterocycles. The summed E-state index contributed by atoms with van der Waals surface area (Å²) in [4.78, 5) is 74.5. The summed E-state index contributed by atoms with van der Waals surface area (Å²) in [6.45, 7) is 8.46. The third-order valence-corrected chi connectivity index (χ3v) is 14.8. The predicted molar refractivity (Wildman–Crippen MR) is 242 cm³/mol. The third-order valence-electron chi connectivity index (χ3n) is 14.8. The monoisotopic (exact) mass is 863 g/mol. The van der Waals surface area contributed by atoms with E-state index in [1.807, 2.05) is 54.6 Å². The lowest BCUT2D eigenvalue weighted by Gasteiger charge is -2.56. The van der Waals surface area contributed by atoms with E-state index in [-0.39, 0.29) is 29.7 Å². The number of anilines is 4. The van der Waals surface area contributed by atoms with Crippen molar-refractivity contribution in [3.8, 4) is 5.82 Å². The number of pyridine rings is 1. The summed E-state index contributed by atoms with van der Waals surface area (Å²) >= 11 is 0. The molecule has 16 nitrogen and oxygen atoms in total. The maximum Gasteiger partial charge on any atom is 0.278 e. The van der Waals surface area contributed by atoms with Crippen LogP contribution in [0.1, 0.15) is 79.9 Å². The molecule has 0 radical (unpaired) electrons. The minimum Gasteiger partial charge on any atom is -0.384 e. The van der Waals surface area contributed by atoms with Gasteiger partial charge in [-0.1, -0.05) is 24.3 Å².